The third-order valence-electron chi connectivity index (χ3n) is 3.94. The van der Waals surface area contributed by atoms with E-state index >= 15 is 0 Å². The Morgan fingerprint density at radius 3 is 2.04 bits per heavy atom. The summed E-state index contributed by atoms with van der Waals surface area (Å²) in [7, 11) is 0.450. The average Bonchev–Trinajstić information content (AvgIpc) is 2.86. The maximum atomic E-state index is 6.08. The molecule has 0 saturated carbocycles. The lowest BCUT2D eigenvalue weighted by atomic mass is 10.0. The van der Waals surface area contributed by atoms with E-state index in [1.165, 1.54) is 27.7 Å². The van der Waals surface area contributed by atoms with Gasteiger partial charge in [0, 0.05) is 23.2 Å². The van der Waals surface area contributed by atoms with Gasteiger partial charge in [-0.05, 0) is 17.7 Å². The van der Waals surface area contributed by atoms with E-state index in [1.807, 2.05) is 29.9 Å². The van der Waals surface area contributed by atoms with Gasteiger partial charge in [-0.1, -0.05) is 73.7 Å². The van der Waals surface area contributed by atoms with E-state index in [0.29, 0.717) is 0 Å². The molecule has 0 spiro atoms. The minimum atomic E-state index is -1.58. The van der Waals surface area contributed by atoms with Crippen molar-refractivity contribution in [1.82, 2.24) is 9.78 Å². The Kier molecular flexibility index (Phi) is 4.17. The van der Waals surface area contributed by atoms with Crippen LogP contribution in [0, 0.1) is 0 Å². The lowest BCUT2D eigenvalue weighted by molar-refractivity contribution is 0.783. The van der Waals surface area contributed by atoms with Crippen LogP contribution in [0.5, 0.6) is 0 Å². The van der Waals surface area contributed by atoms with Gasteiger partial charge < -0.3 is 0 Å². The minimum absolute atomic E-state index is 0.758. The molecule has 3 rings (SSSR count). The Bertz CT molecular complexity index is 815. The number of aryl methyl sites for hydroxylation is 1. The second kappa shape index (κ2) is 5.98. The quantitative estimate of drug-likeness (QED) is 0.617. The Morgan fingerprint density at radius 2 is 1.48 bits per heavy atom. The van der Waals surface area contributed by atoms with Gasteiger partial charge in [0.1, 0.15) is 8.07 Å². The molecule has 1 aromatic heterocycles. The molecule has 118 valence electrons. The minimum Gasteiger partial charge on any atom is -0.267 e. The molecule has 0 N–H and O–H groups in total. The molecule has 0 radical (unpaired) electrons. The van der Waals surface area contributed by atoms with Crippen molar-refractivity contribution in [2.45, 2.75) is 19.6 Å². The van der Waals surface area contributed by atoms with Crippen LogP contribution in [0.15, 0.2) is 54.6 Å². The highest BCUT2D eigenvalue weighted by atomic mass is 35.5. The Balaban J connectivity index is 2.32. The fourth-order valence-corrected chi connectivity index (χ4v) is 4.45. The fraction of sp³-hybridized carbons (Fsp3) is 0.211. The van der Waals surface area contributed by atoms with Crippen LogP contribution in [0.1, 0.15) is 0 Å². The molecule has 0 aliphatic rings. The van der Waals surface area contributed by atoms with Crippen molar-refractivity contribution in [2.24, 2.45) is 7.05 Å². The van der Waals surface area contributed by atoms with E-state index < -0.39 is 8.07 Å². The van der Waals surface area contributed by atoms with Gasteiger partial charge in [0.2, 0.25) is 0 Å². The highest BCUT2D eigenvalue weighted by Crippen LogP contribution is 2.32. The Hall–Kier alpha value is -1.84. The SMILES string of the molecule is Cn1nc([Si](C)(C)C)c(-c2ccc(Cl)cc2)c1-c1ccccc1. The third-order valence-corrected chi connectivity index (χ3v) is 5.96. The maximum absolute atomic E-state index is 6.08. The summed E-state index contributed by atoms with van der Waals surface area (Å²) in [6, 6.07) is 18.6. The van der Waals surface area contributed by atoms with Crippen LogP contribution in [0.4, 0.5) is 0 Å². The molecule has 3 aromatic rings. The van der Waals surface area contributed by atoms with E-state index in [4.69, 9.17) is 16.7 Å². The number of aromatic nitrogens is 2. The first kappa shape index (κ1) is 16.0. The largest absolute Gasteiger partial charge is 0.267 e. The predicted molar refractivity (Wildman–Crippen MR) is 102 cm³/mol. The summed E-state index contributed by atoms with van der Waals surface area (Å²) in [5.41, 5.74) is 4.79. The second-order valence-electron chi connectivity index (χ2n) is 6.82. The van der Waals surface area contributed by atoms with Crippen LogP contribution < -0.4 is 5.32 Å². The summed E-state index contributed by atoms with van der Waals surface area (Å²) in [4.78, 5) is 0. The molecule has 23 heavy (non-hydrogen) atoms. The van der Waals surface area contributed by atoms with E-state index in [1.54, 1.807) is 0 Å². The maximum Gasteiger partial charge on any atom is 0.104 e. The zero-order valence-electron chi connectivity index (χ0n) is 14.0. The summed E-state index contributed by atoms with van der Waals surface area (Å²) < 4.78 is 2.02. The van der Waals surface area contributed by atoms with E-state index in [2.05, 4.69) is 56.0 Å². The number of nitrogens with zero attached hydrogens (tertiary/aromatic N) is 2. The van der Waals surface area contributed by atoms with Gasteiger partial charge in [-0.25, -0.2) is 0 Å². The molecular formula is C19H21ClN2Si. The van der Waals surface area contributed by atoms with Gasteiger partial charge in [-0.15, -0.1) is 0 Å². The molecule has 0 saturated heterocycles. The van der Waals surface area contributed by atoms with Crippen LogP contribution in [0.25, 0.3) is 22.4 Å². The van der Waals surface area contributed by atoms with Crippen molar-refractivity contribution in [1.29, 1.82) is 0 Å². The number of rotatable bonds is 3. The third kappa shape index (κ3) is 3.12. The molecular weight excluding hydrogens is 320 g/mol. The molecule has 0 aliphatic heterocycles. The van der Waals surface area contributed by atoms with Crippen LogP contribution in [-0.4, -0.2) is 17.9 Å². The van der Waals surface area contributed by atoms with E-state index in [0.717, 1.165) is 5.02 Å². The van der Waals surface area contributed by atoms with Crippen molar-refractivity contribution in [3.8, 4) is 22.4 Å². The van der Waals surface area contributed by atoms with Gasteiger partial charge in [0.25, 0.3) is 0 Å². The first-order valence-corrected chi connectivity index (χ1v) is 11.6. The van der Waals surface area contributed by atoms with Crippen molar-refractivity contribution < 1.29 is 0 Å². The Morgan fingerprint density at radius 1 is 0.870 bits per heavy atom. The molecule has 2 aromatic carbocycles. The van der Waals surface area contributed by atoms with Gasteiger partial charge in [0.15, 0.2) is 0 Å². The van der Waals surface area contributed by atoms with Crippen LogP contribution >= 0.6 is 11.6 Å². The topological polar surface area (TPSA) is 17.8 Å². The lowest BCUT2D eigenvalue weighted by Crippen LogP contribution is -2.40. The number of hydrogen-bond donors (Lipinski definition) is 0. The summed E-state index contributed by atoms with van der Waals surface area (Å²) in [5.74, 6) is 0. The second-order valence-corrected chi connectivity index (χ2v) is 12.2. The summed E-state index contributed by atoms with van der Waals surface area (Å²) >= 11 is 6.08. The van der Waals surface area contributed by atoms with Crippen LogP contribution in [0.2, 0.25) is 24.7 Å². The summed E-state index contributed by atoms with van der Waals surface area (Å²) in [6.07, 6.45) is 0. The normalized spacial score (nSPS) is 11.7. The first-order valence-electron chi connectivity index (χ1n) is 7.77. The van der Waals surface area contributed by atoms with Crippen molar-refractivity contribution in [3.63, 3.8) is 0 Å². The molecule has 0 amide bonds. The van der Waals surface area contributed by atoms with Gasteiger partial charge in [0.05, 0.1) is 11.0 Å². The molecule has 0 aliphatic carbocycles. The molecule has 2 nitrogen and oxygen atoms in total. The Labute approximate surface area is 143 Å². The molecule has 0 fully saturated rings. The monoisotopic (exact) mass is 340 g/mol. The van der Waals surface area contributed by atoms with E-state index in [-0.39, 0.29) is 0 Å². The highest BCUT2D eigenvalue weighted by molar-refractivity contribution is 6.89. The molecule has 0 unspecified atom stereocenters. The lowest BCUT2D eigenvalue weighted by Gasteiger charge is -2.16. The number of halogens is 1. The predicted octanol–water partition coefficient (Wildman–Crippen LogP) is 4.95. The highest BCUT2D eigenvalue weighted by Gasteiger charge is 2.28. The fourth-order valence-electron chi connectivity index (χ4n) is 2.87. The van der Waals surface area contributed by atoms with Crippen LogP contribution in [0.3, 0.4) is 0 Å². The van der Waals surface area contributed by atoms with Crippen molar-refractivity contribution in [3.05, 3.63) is 59.6 Å². The molecule has 1 heterocycles. The number of benzene rings is 2. The van der Waals surface area contributed by atoms with Crippen molar-refractivity contribution >= 4 is 25.0 Å². The summed E-state index contributed by atoms with van der Waals surface area (Å²) in [5, 5.41) is 6.90. The van der Waals surface area contributed by atoms with Gasteiger partial charge >= 0.3 is 0 Å². The average molecular weight is 341 g/mol. The molecule has 4 heteroatoms. The zero-order chi connectivity index (χ0) is 16.6. The molecule has 0 atom stereocenters. The molecule has 0 bridgehead atoms. The first-order chi connectivity index (χ1) is 10.9. The van der Waals surface area contributed by atoms with Gasteiger partial charge in [-0.2, -0.15) is 5.10 Å². The summed E-state index contributed by atoms with van der Waals surface area (Å²) in [6.45, 7) is 7.01. The zero-order valence-corrected chi connectivity index (χ0v) is 15.7. The van der Waals surface area contributed by atoms with Crippen molar-refractivity contribution in [2.75, 3.05) is 0 Å². The number of hydrogen-bond acceptors (Lipinski definition) is 1. The van der Waals surface area contributed by atoms with Gasteiger partial charge in [-0.3, -0.25) is 4.68 Å². The van der Waals surface area contributed by atoms with Crippen LogP contribution in [-0.2, 0) is 7.05 Å². The smallest absolute Gasteiger partial charge is 0.104 e. The standard InChI is InChI=1S/C19H21ClN2Si/c1-22-18(15-8-6-5-7-9-15)17(19(21-22)23(2,3)4)14-10-12-16(20)13-11-14/h5-13H,1-4H3. The van der Waals surface area contributed by atoms with E-state index in [9.17, 15) is 0 Å².